The minimum Gasteiger partial charge on any atom is -0.392 e. The lowest BCUT2D eigenvalue weighted by atomic mass is 10.1. The summed E-state index contributed by atoms with van der Waals surface area (Å²) in [5.74, 6) is 0. The second kappa shape index (κ2) is 4.28. The minimum absolute atomic E-state index is 0.0639. The van der Waals surface area contributed by atoms with Crippen molar-refractivity contribution < 1.29 is 18.3 Å². The third-order valence-corrected chi connectivity index (χ3v) is 1.67. The van der Waals surface area contributed by atoms with E-state index in [1.54, 1.807) is 0 Å². The van der Waals surface area contributed by atoms with Crippen molar-refractivity contribution in [2.24, 2.45) is 0 Å². The Morgan fingerprint density at radius 1 is 1.21 bits per heavy atom. The van der Waals surface area contributed by atoms with Crippen LogP contribution in [0.15, 0.2) is 30.3 Å². The van der Waals surface area contributed by atoms with Gasteiger partial charge in [-0.3, -0.25) is 0 Å². The molecule has 0 saturated heterocycles. The summed E-state index contributed by atoms with van der Waals surface area (Å²) in [6.07, 6.45) is -1.83. The molecule has 1 nitrogen and oxygen atoms in total. The van der Waals surface area contributed by atoms with Crippen LogP contribution in [-0.2, 0) is 6.18 Å². The molecule has 0 radical (unpaired) electrons. The van der Waals surface area contributed by atoms with Crippen LogP contribution in [-0.4, -0.2) is 11.7 Å². The fraction of sp³-hybridized carbons (Fsp3) is 0.200. The normalized spacial score (nSPS) is 12.3. The number of benzene rings is 1. The fourth-order valence-electron chi connectivity index (χ4n) is 1.08. The molecule has 76 valence electrons. The van der Waals surface area contributed by atoms with Gasteiger partial charge in [0.2, 0.25) is 0 Å². The largest absolute Gasteiger partial charge is 0.416 e. The number of aliphatic hydroxyl groups excluding tert-OH is 1. The van der Waals surface area contributed by atoms with E-state index in [9.17, 15) is 13.2 Å². The van der Waals surface area contributed by atoms with Crippen molar-refractivity contribution in [3.63, 3.8) is 0 Å². The van der Waals surface area contributed by atoms with Gasteiger partial charge in [-0.25, -0.2) is 0 Å². The summed E-state index contributed by atoms with van der Waals surface area (Å²) in [5, 5.41) is 8.45. The van der Waals surface area contributed by atoms with Gasteiger partial charge < -0.3 is 5.11 Å². The first-order valence-electron chi connectivity index (χ1n) is 3.99. The van der Waals surface area contributed by atoms with E-state index in [2.05, 4.69) is 0 Å². The molecule has 1 N–H and O–H groups in total. The fourth-order valence-corrected chi connectivity index (χ4v) is 1.08. The van der Waals surface area contributed by atoms with Crippen LogP contribution in [0.4, 0.5) is 13.2 Å². The van der Waals surface area contributed by atoms with Crippen molar-refractivity contribution >= 4 is 6.08 Å². The van der Waals surface area contributed by atoms with Crippen LogP contribution in [0.3, 0.4) is 0 Å². The number of aliphatic hydroxyl groups is 1. The monoisotopic (exact) mass is 202 g/mol. The van der Waals surface area contributed by atoms with E-state index in [0.29, 0.717) is 0 Å². The van der Waals surface area contributed by atoms with Crippen LogP contribution in [0.5, 0.6) is 0 Å². The Morgan fingerprint density at radius 2 is 1.86 bits per heavy atom. The molecule has 0 saturated carbocycles. The lowest BCUT2D eigenvalue weighted by Gasteiger charge is -2.09. The summed E-state index contributed by atoms with van der Waals surface area (Å²) >= 11 is 0. The summed E-state index contributed by atoms with van der Waals surface area (Å²) < 4.78 is 37.1. The Morgan fingerprint density at radius 3 is 2.43 bits per heavy atom. The van der Waals surface area contributed by atoms with Gasteiger partial charge in [-0.05, 0) is 11.6 Å². The highest BCUT2D eigenvalue weighted by Gasteiger charge is 2.32. The lowest BCUT2D eigenvalue weighted by molar-refractivity contribution is -0.137. The SMILES string of the molecule is OC/C=C\c1ccccc1C(F)(F)F. The third-order valence-electron chi connectivity index (χ3n) is 1.67. The summed E-state index contributed by atoms with van der Waals surface area (Å²) in [6.45, 7) is -0.272. The van der Waals surface area contributed by atoms with Gasteiger partial charge in [0.05, 0.1) is 12.2 Å². The first kappa shape index (κ1) is 10.8. The minimum atomic E-state index is -4.35. The number of rotatable bonds is 2. The molecule has 0 atom stereocenters. The van der Waals surface area contributed by atoms with Gasteiger partial charge in [0.1, 0.15) is 0 Å². The van der Waals surface area contributed by atoms with Crippen LogP contribution < -0.4 is 0 Å². The number of halogens is 3. The van der Waals surface area contributed by atoms with Gasteiger partial charge in [0, 0.05) is 0 Å². The third kappa shape index (κ3) is 2.60. The van der Waals surface area contributed by atoms with Crippen molar-refractivity contribution in [1.29, 1.82) is 0 Å². The molecule has 1 aromatic rings. The maximum atomic E-state index is 12.4. The predicted molar refractivity (Wildman–Crippen MR) is 47.6 cm³/mol. The quantitative estimate of drug-likeness (QED) is 0.781. The average Bonchev–Trinajstić information content (AvgIpc) is 2.14. The lowest BCUT2D eigenvalue weighted by Crippen LogP contribution is -2.06. The summed E-state index contributed by atoms with van der Waals surface area (Å²) in [7, 11) is 0. The zero-order valence-electron chi connectivity index (χ0n) is 7.25. The van der Waals surface area contributed by atoms with Gasteiger partial charge in [0.15, 0.2) is 0 Å². The zero-order chi connectivity index (χ0) is 10.6. The molecule has 1 aromatic carbocycles. The molecule has 0 aliphatic rings. The molecule has 1 rings (SSSR count). The van der Waals surface area contributed by atoms with Crippen molar-refractivity contribution in [2.75, 3.05) is 6.61 Å². The van der Waals surface area contributed by atoms with E-state index in [4.69, 9.17) is 5.11 Å². The van der Waals surface area contributed by atoms with Crippen LogP contribution in [0.1, 0.15) is 11.1 Å². The number of hydrogen-bond acceptors (Lipinski definition) is 1. The molecule has 4 heteroatoms. The Hall–Kier alpha value is -1.29. The highest BCUT2D eigenvalue weighted by atomic mass is 19.4. The summed E-state index contributed by atoms with van der Waals surface area (Å²) in [5.41, 5.74) is -0.626. The number of hydrogen-bond donors (Lipinski definition) is 1. The van der Waals surface area contributed by atoms with E-state index in [1.807, 2.05) is 0 Å². The molecule has 14 heavy (non-hydrogen) atoms. The molecule has 0 bridgehead atoms. The standard InChI is InChI=1S/C10H9F3O/c11-10(12,13)9-6-2-1-4-8(9)5-3-7-14/h1-6,14H,7H2/b5-3-. The second-order valence-electron chi connectivity index (χ2n) is 2.67. The Balaban J connectivity index is 3.10. The first-order valence-corrected chi connectivity index (χ1v) is 3.99. The second-order valence-corrected chi connectivity index (χ2v) is 2.67. The molecule has 0 fully saturated rings. The van der Waals surface area contributed by atoms with E-state index >= 15 is 0 Å². The molecular formula is C10H9F3O. The molecular weight excluding hydrogens is 193 g/mol. The van der Waals surface area contributed by atoms with Crippen LogP contribution >= 0.6 is 0 Å². The highest BCUT2D eigenvalue weighted by molar-refractivity contribution is 5.54. The summed E-state index contributed by atoms with van der Waals surface area (Å²) in [4.78, 5) is 0. The molecule has 0 amide bonds. The van der Waals surface area contributed by atoms with E-state index in [0.717, 1.165) is 6.07 Å². The van der Waals surface area contributed by atoms with Gasteiger partial charge in [-0.15, -0.1) is 0 Å². The van der Waals surface area contributed by atoms with Crippen molar-refractivity contribution in [1.82, 2.24) is 0 Å². The van der Waals surface area contributed by atoms with Gasteiger partial charge in [-0.1, -0.05) is 30.4 Å². The molecule has 0 heterocycles. The average molecular weight is 202 g/mol. The smallest absolute Gasteiger partial charge is 0.392 e. The van der Waals surface area contributed by atoms with Crippen LogP contribution in [0.25, 0.3) is 6.08 Å². The molecule has 0 unspecified atom stereocenters. The zero-order valence-corrected chi connectivity index (χ0v) is 7.25. The molecule has 0 spiro atoms. The Kier molecular flexibility index (Phi) is 3.30. The maximum absolute atomic E-state index is 12.4. The van der Waals surface area contributed by atoms with Crippen LogP contribution in [0.2, 0.25) is 0 Å². The van der Waals surface area contributed by atoms with Crippen LogP contribution in [0, 0.1) is 0 Å². The van der Waals surface area contributed by atoms with Gasteiger partial charge >= 0.3 is 6.18 Å². The number of alkyl halides is 3. The topological polar surface area (TPSA) is 20.2 Å². The van der Waals surface area contributed by atoms with E-state index < -0.39 is 11.7 Å². The van der Waals surface area contributed by atoms with Crippen molar-refractivity contribution in [2.45, 2.75) is 6.18 Å². The highest BCUT2D eigenvalue weighted by Crippen LogP contribution is 2.32. The van der Waals surface area contributed by atoms with Gasteiger partial charge in [0.25, 0.3) is 0 Å². The van der Waals surface area contributed by atoms with E-state index in [1.165, 1.54) is 30.4 Å². The Bertz CT molecular complexity index is 328. The van der Waals surface area contributed by atoms with Gasteiger partial charge in [-0.2, -0.15) is 13.2 Å². The first-order chi connectivity index (χ1) is 6.55. The predicted octanol–water partition coefficient (Wildman–Crippen LogP) is 2.71. The Labute approximate surface area is 79.5 Å². The maximum Gasteiger partial charge on any atom is 0.416 e. The molecule has 0 aromatic heterocycles. The van der Waals surface area contributed by atoms with Crippen molar-refractivity contribution in [3.05, 3.63) is 41.5 Å². The molecule has 0 aliphatic heterocycles. The molecule has 0 aliphatic carbocycles. The summed E-state index contributed by atoms with van der Waals surface area (Å²) in [6, 6.07) is 5.22. The van der Waals surface area contributed by atoms with Crippen molar-refractivity contribution in [3.8, 4) is 0 Å². The van der Waals surface area contributed by atoms with E-state index in [-0.39, 0.29) is 12.2 Å².